The number of carbonyl (C=O) groups is 1. The van der Waals surface area contributed by atoms with E-state index in [1.54, 1.807) is 0 Å². The smallest absolute Gasteiger partial charge is 0.221 e. The van der Waals surface area contributed by atoms with Crippen LogP contribution in [0.1, 0.15) is 46.0 Å². The lowest BCUT2D eigenvalue weighted by atomic mass is 9.80. The minimum atomic E-state index is 0.0172. The maximum atomic E-state index is 11.5. The van der Waals surface area contributed by atoms with Gasteiger partial charge in [0.1, 0.15) is 0 Å². The Morgan fingerprint density at radius 2 is 2.21 bits per heavy atom. The summed E-state index contributed by atoms with van der Waals surface area (Å²) in [4.78, 5) is 11.5. The average Bonchev–Trinajstić information content (AvgIpc) is 1.99. The summed E-state index contributed by atoms with van der Waals surface area (Å²) in [6.45, 7) is 4.10. The number of nitrogens with two attached hydrogens (primary N) is 1. The molecular formula is C11H22N2O. The molecule has 1 aliphatic carbocycles. The highest BCUT2D eigenvalue weighted by Gasteiger charge is 2.25. The topological polar surface area (TPSA) is 55.1 Å². The van der Waals surface area contributed by atoms with E-state index in [4.69, 9.17) is 5.73 Å². The highest BCUT2D eigenvalue weighted by atomic mass is 16.1. The van der Waals surface area contributed by atoms with Crippen LogP contribution in [-0.4, -0.2) is 18.0 Å². The van der Waals surface area contributed by atoms with Crippen molar-refractivity contribution in [1.82, 2.24) is 5.32 Å². The van der Waals surface area contributed by atoms with E-state index in [-0.39, 0.29) is 11.9 Å². The molecule has 0 radical (unpaired) electrons. The van der Waals surface area contributed by atoms with Gasteiger partial charge in [-0.15, -0.1) is 0 Å². The van der Waals surface area contributed by atoms with Crippen molar-refractivity contribution in [3.05, 3.63) is 0 Å². The first kappa shape index (κ1) is 11.5. The summed E-state index contributed by atoms with van der Waals surface area (Å²) < 4.78 is 0. The van der Waals surface area contributed by atoms with Gasteiger partial charge in [-0.2, -0.15) is 0 Å². The zero-order valence-corrected chi connectivity index (χ0v) is 9.25. The second-order valence-corrected chi connectivity index (χ2v) is 4.42. The Kier molecular flexibility index (Phi) is 4.39. The second-order valence-electron chi connectivity index (χ2n) is 4.42. The van der Waals surface area contributed by atoms with Crippen LogP contribution < -0.4 is 11.1 Å². The molecule has 0 aliphatic heterocycles. The van der Waals surface area contributed by atoms with E-state index in [2.05, 4.69) is 12.2 Å². The van der Waals surface area contributed by atoms with Gasteiger partial charge in [-0.3, -0.25) is 4.79 Å². The molecular weight excluding hydrogens is 176 g/mol. The minimum absolute atomic E-state index is 0.0172. The van der Waals surface area contributed by atoms with Crippen LogP contribution in [0.4, 0.5) is 0 Å². The molecule has 0 saturated heterocycles. The lowest BCUT2D eigenvalue weighted by molar-refractivity contribution is -0.122. The molecule has 1 rings (SSSR count). The lowest BCUT2D eigenvalue weighted by Gasteiger charge is -2.32. The maximum Gasteiger partial charge on any atom is 0.221 e. The molecule has 0 bridgehead atoms. The quantitative estimate of drug-likeness (QED) is 0.702. The summed E-state index contributed by atoms with van der Waals surface area (Å²) in [6, 6.07) is 0.351. The molecule has 82 valence electrons. The standard InChI is InChI=1S/C11H22N2O/c1-3-10(12)7-11(14)13-8(2)9-5-4-6-9/h8-10H,3-7,12H2,1-2H3,(H,13,14). The van der Waals surface area contributed by atoms with Crippen LogP contribution >= 0.6 is 0 Å². The van der Waals surface area contributed by atoms with Crippen molar-refractivity contribution in [3.63, 3.8) is 0 Å². The highest BCUT2D eigenvalue weighted by Crippen LogP contribution is 2.29. The predicted molar refractivity (Wildman–Crippen MR) is 57.8 cm³/mol. The number of amides is 1. The first-order valence-corrected chi connectivity index (χ1v) is 5.68. The van der Waals surface area contributed by atoms with E-state index in [0.29, 0.717) is 18.4 Å². The molecule has 2 unspecified atom stereocenters. The van der Waals surface area contributed by atoms with Crippen LogP contribution in [0.2, 0.25) is 0 Å². The fraction of sp³-hybridized carbons (Fsp3) is 0.909. The van der Waals surface area contributed by atoms with Gasteiger partial charge < -0.3 is 11.1 Å². The van der Waals surface area contributed by atoms with Gasteiger partial charge in [-0.25, -0.2) is 0 Å². The zero-order chi connectivity index (χ0) is 10.6. The molecule has 0 spiro atoms. The Hall–Kier alpha value is -0.570. The molecule has 1 fully saturated rings. The normalized spacial score (nSPS) is 21.1. The second kappa shape index (κ2) is 5.35. The van der Waals surface area contributed by atoms with Crippen molar-refractivity contribution in [2.45, 2.75) is 58.0 Å². The Balaban J connectivity index is 2.18. The Bertz CT molecular complexity index is 190. The van der Waals surface area contributed by atoms with E-state index < -0.39 is 0 Å². The van der Waals surface area contributed by atoms with Crippen LogP contribution in [-0.2, 0) is 4.79 Å². The molecule has 1 aliphatic rings. The van der Waals surface area contributed by atoms with Crippen LogP contribution in [0, 0.1) is 5.92 Å². The number of nitrogens with one attached hydrogen (secondary N) is 1. The average molecular weight is 198 g/mol. The third-order valence-electron chi connectivity index (χ3n) is 3.22. The van der Waals surface area contributed by atoms with Crippen molar-refractivity contribution in [2.75, 3.05) is 0 Å². The predicted octanol–water partition coefficient (Wildman–Crippen LogP) is 1.42. The molecule has 0 aromatic carbocycles. The summed E-state index contributed by atoms with van der Waals surface area (Å²) >= 11 is 0. The number of hydrogen-bond acceptors (Lipinski definition) is 2. The third kappa shape index (κ3) is 3.29. The SMILES string of the molecule is CCC(N)CC(=O)NC(C)C1CCC1. The van der Waals surface area contributed by atoms with Gasteiger partial charge in [-0.05, 0) is 32.1 Å². The first-order valence-electron chi connectivity index (χ1n) is 5.68. The van der Waals surface area contributed by atoms with Crippen molar-refractivity contribution < 1.29 is 4.79 Å². The van der Waals surface area contributed by atoms with E-state index in [0.717, 1.165) is 6.42 Å². The lowest BCUT2D eigenvalue weighted by Crippen LogP contribution is -2.42. The Labute approximate surface area is 86.4 Å². The van der Waals surface area contributed by atoms with Crippen molar-refractivity contribution in [2.24, 2.45) is 11.7 Å². The largest absolute Gasteiger partial charge is 0.353 e. The molecule has 14 heavy (non-hydrogen) atoms. The molecule has 3 heteroatoms. The molecule has 3 N–H and O–H groups in total. The monoisotopic (exact) mass is 198 g/mol. The van der Waals surface area contributed by atoms with Crippen molar-refractivity contribution >= 4 is 5.91 Å². The summed E-state index contributed by atoms with van der Waals surface area (Å²) in [5.74, 6) is 0.815. The maximum absolute atomic E-state index is 11.5. The third-order valence-corrected chi connectivity index (χ3v) is 3.22. The minimum Gasteiger partial charge on any atom is -0.353 e. The van der Waals surface area contributed by atoms with Gasteiger partial charge in [0.2, 0.25) is 5.91 Å². The van der Waals surface area contributed by atoms with Crippen molar-refractivity contribution in [3.8, 4) is 0 Å². The molecule has 0 aromatic heterocycles. The van der Waals surface area contributed by atoms with Gasteiger partial charge in [0.05, 0.1) is 0 Å². The van der Waals surface area contributed by atoms with Crippen LogP contribution in [0.15, 0.2) is 0 Å². The molecule has 2 atom stereocenters. The highest BCUT2D eigenvalue weighted by molar-refractivity contribution is 5.76. The number of carbonyl (C=O) groups excluding carboxylic acids is 1. The summed E-state index contributed by atoms with van der Waals surface area (Å²) in [6.07, 6.45) is 5.18. The molecule has 1 saturated carbocycles. The summed E-state index contributed by atoms with van der Waals surface area (Å²) in [7, 11) is 0. The zero-order valence-electron chi connectivity index (χ0n) is 9.25. The van der Waals surface area contributed by atoms with Gasteiger partial charge in [0.15, 0.2) is 0 Å². The van der Waals surface area contributed by atoms with Crippen LogP contribution in [0.3, 0.4) is 0 Å². The van der Waals surface area contributed by atoms with Gasteiger partial charge in [0.25, 0.3) is 0 Å². The van der Waals surface area contributed by atoms with Gasteiger partial charge in [0, 0.05) is 18.5 Å². The number of hydrogen-bond donors (Lipinski definition) is 2. The molecule has 1 amide bonds. The van der Waals surface area contributed by atoms with E-state index >= 15 is 0 Å². The van der Waals surface area contributed by atoms with E-state index in [9.17, 15) is 4.79 Å². The van der Waals surface area contributed by atoms with Crippen LogP contribution in [0.5, 0.6) is 0 Å². The van der Waals surface area contributed by atoms with Crippen molar-refractivity contribution in [1.29, 1.82) is 0 Å². The van der Waals surface area contributed by atoms with Gasteiger partial charge in [-0.1, -0.05) is 13.3 Å². The summed E-state index contributed by atoms with van der Waals surface area (Å²) in [5.41, 5.74) is 5.71. The Morgan fingerprint density at radius 1 is 1.57 bits per heavy atom. The Morgan fingerprint density at radius 3 is 2.64 bits per heavy atom. The molecule has 0 heterocycles. The number of rotatable bonds is 5. The van der Waals surface area contributed by atoms with Gasteiger partial charge >= 0.3 is 0 Å². The van der Waals surface area contributed by atoms with E-state index in [1.165, 1.54) is 19.3 Å². The summed E-state index contributed by atoms with van der Waals surface area (Å²) in [5, 5.41) is 3.03. The molecule has 3 nitrogen and oxygen atoms in total. The first-order chi connectivity index (χ1) is 6.63. The fourth-order valence-electron chi connectivity index (χ4n) is 1.75. The fourth-order valence-corrected chi connectivity index (χ4v) is 1.75. The molecule has 0 aromatic rings. The van der Waals surface area contributed by atoms with Crippen LogP contribution in [0.25, 0.3) is 0 Å². The van der Waals surface area contributed by atoms with E-state index in [1.807, 2.05) is 6.92 Å².